The Morgan fingerprint density at radius 3 is 3.00 bits per heavy atom. The number of hydrogen-bond acceptors (Lipinski definition) is 4. The van der Waals surface area contributed by atoms with Crippen LogP contribution in [0.2, 0.25) is 0 Å². The first-order valence-corrected chi connectivity index (χ1v) is 4.20. The molecular formula is C7H10N2OS. The lowest BCUT2D eigenvalue weighted by molar-refractivity contribution is 0.0955. The highest BCUT2D eigenvalue weighted by Crippen LogP contribution is 2.04. The highest BCUT2D eigenvalue weighted by molar-refractivity contribution is 7.03. The van der Waals surface area contributed by atoms with Gasteiger partial charge in [-0.15, -0.1) is 0 Å². The molecule has 0 saturated heterocycles. The van der Waals surface area contributed by atoms with Crippen molar-refractivity contribution in [2.24, 2.45) is 0 Å². The Bertz CT molecular complexity index is 233. The molecule has 1 aromatic rings. The number of Topliss-reactive ketones (excluding diaryl/α,β-unsaturated/α-hetero) is 1. The molecule has 11 heavy (non-hydrogen) atoms. The second-order valence-electron chi connectivity index (χ2n) is 2.29. The van der Waals surface area contributed by atoms with Gasteiger partial charge < -0.3 is 5.32 Å². The van der Waals surface area contributed by atoms with Gasteiger partial charge in [0.1, 0.15) is 0 Å². The SMILES string of the molecule is CN[C@@H](C)C(=O)c1cnsc1. The van der Waals surface area contributed by atoms with E-state index in [0.29, 0.717) is 5.56 Å². The first-order chi connectivity index (χ1) is 5.25. The van der Waals surface area contributed by atoms with E-state index >= 15 is 0 Å². The maximum atomic E-state index is 11.3. The van der Waals surface area contributed by atoms with Crippen LogP contribution in [0, 0.1) is 0 Å². The molecule has 0 aliphatic heterocycles. The van der Waals surface area contributed by atoms with Gasteiger partial charge in [0.15, 0.2) is 5.78 Å². The molecule has 0 saturated carbocycles. The minimum Gasteiger partial charge on any atom is -0.310 e. The second-order valence-corrected chi connectivity index (χ2v) is 2.95. The number of hydrogen-bond donors (Lipinski definition) is 1. The summed E-state index contributed by atoms with van der Waals surface area (Å²) in [4.78, 5) is 11.3. The van der Waals surface area contributed by atoms with Crippen molar-refractivity contribution >= 4 is 17.3 Å². The molecular weight excluding hydrogens is 160 g/mol. The lowest BCUT2D eigenvalue weighted by atomic mass is 10.1. The van der Waals surface area contributed by atoms with Crippen LogP contribution in [0.1, 0.15) is 17.3 Å². The zero-order valence-corrected chi connectivity index (χ0v) is 7.31. The fraction of sp³-hybridized carbons (Fsp3) is 0.429. The highest BCUT2D eigenvalue weighted by Gasteiger charge is 2.12. The average molecular weight is 170 g/mol. The third kappa shape index (κ3) is 1.85. The van der Waals surface area contributed by atoms with Crippen molar-refractivity contribution in [1.82, 2.24) is 9.69 Å². The van der Waals surface area contributed by atoms with E-state index in [-0.39, 0.29) is 11.8 Å². The van der Waals surface area contributed by atoms with E-state index in [0.717, 1.165) is 0 Å². The molecule has 0 amide bonds. The Morgan fingerprint density at radius 2 is 2.55 bits per heavy atom. The number of nitrogens with one attached hydrogen (secondary N) is 1. The zero-order valence-electron chi connectivity index (χ0n) is 6.50. The molecule has 0 unspecified atom stereocenters. The Kier molecular flexibility index (Phi) is 2.73. The van der Waals surface area contributed by atoms with Crippen LogP contribution in [-0.4, -0.2) is 23.2 Å². The lowest BCUT2D eigenvalue weighted by Gasteiger charge is -2.05. The van der Waals surface area contributed by atoms with Crippen LogP contribution in [-0.2, 0) is 0 Å². The van der Waals surface area contributed by atoms with Crippen molar-refractivity contribution in [3.8, 4) is 0 Å². The topological polar surface area (TPSA) is 42.0 Å². The maximum Gasteiger partial charge on any atom is 0.181 e. The fourth-order valence-corrected chi connectivity index (χ4v) is 1.23. The van der Waals surface area contributed by atoms with E-state index in [1.54, 1.807) is 18.6 Å². The van der Waals surface area contributed by atoms with Crippen molar-refractivity contribution in [1.29, 1.82) is 0 Å². The molecule has 1 atom stereocenters. The number of aromatic nitrogens is 1. The van der Waals surface area contributed by atoms with E-state index in [9.17, 15) is 4.79 Å². The standard InChI is InChI=1S/C7H10N2OS/c1-5(8-2)7(10)6-3-9-11-4-6/h3-5,8H,1-2H3/t5-/m0/s1. The van der Waals surface area contributed by atoms with Gasteiger partial charge in [-0.3, -0.25) is 4.79 Å². The number of likely N-dealkylation sites (N-methyl/N-ethyl adjacent to an activating group) is 1. The molecule has 1 aromatic heterocycles. The monoisotopic (exact) mass is 170 g/mol. The Morgan fingerprint density at radius 1 is 1.82 bits per heavy atom. The maximum absolute atomic E-state index is 11.3. The molecule has 0 bridgehead atoms. The van der Waals surface area contributed by atoms with Crippen LogP contribution in [0.4, 0.5) is 0 Å². The summed E-state index contributed by atoms with van der Waals surface area (Å²) in [7, 11) is 1.77. The Balaban J connectivity index is 2.70. The molecule has 60 valence electrons. The van der Waals surface area contributed by atoms with Gasteiger partial charge in [0, 0.05) is 10.9 Å². The average Bonchev–Trinajstić information content (AvgIpc) is 2.53. The number of ketones is 1. The molecule has 1 heterocycles. The van der Waals surface area contributed by atoms with E-state index in [2.05, 4.69) is 9.69 Å². The van der Waals surface area contributed by atoms with Crippen LogP contribution >= 0.6 is 11.5 Å². The summed E-state index contributed by atoms with van der Waals surface area (Å²) in [6.45, 7) is 1.83. The number of carbonyl (C=O) groups excluding carboxylic acids is 1. The summed E-state index contributed by atoms with van der Waals surface area (Å²) >= 11 is 1.30. The molecule has 0 radical (unpaired) electrons. The van der Waals surface area contributed by atoms with Crippen LogP contribution < -0.4 is 5.32 Å². The second kappa shape index (κ2) is 3.59. The number of carbonyl (C=O) groups is 1. The Hall–Kier alpha value is -0.740. The van der Waals surface area contributed by atoms with Gasteiger partial charge in [0.2, 0.25) is 0 Å². The third-order valence-electron chi connectivity index (χ3n) is 1.54. The molecule has 0 fully saturated rings. The fourth-order valence-electron chi connectivity index (χ4n) is 0.708. The van der Waals surface area contributed by atoms with Crippen molar-refractivity contribution in [3.05, 3.63) is 17.1 Å². The predicted molar refractivity (Wildman–Crippen MR) is 45.0 cm³/mol. The van der Waals surface area contributed by atoms with Crippen molar-refractivity contribution in [2.75, 3.05) is 7.05 Å². The normalized spacial score (nSPS) is 12.9. The van der Waals surface area contributed by atoms with Gasteiger partial charge >= 0.3 is 0 Å². The van der Waals surface area contributed by atoms with Crippen LogP contribution in [0.5, 0.6) is 0 Å². The van der Waals surface area contributed by atoms with Crippen LogP contribution in [0.3, 0.4) is 0 Å². The smallest absolute Gasteiger partial charge is 0.181 e. The van der Waals surface area contributed by atoms with Crippen molar-refractivity contribution in [2.45, 2.75) is 13.0 Å². The van der Waals surface area contributed by atoms with Crippen LogP contribution in [0.15, 0.2) is 11.6 Å². The zero-order chi connectivity index (χ0) is 8.27. The summed E-state index contributed by atoms with van der Waals surface area (Å²) in [6.07, 6.45) is 1.60. The Labute approximate surface area is 69.6 Å². The molecule has 1 rings (SSSR count). The summed E-state index contributed by atoms with van der Waals surface area (Å²) in [5, 5.41) is 4.64. The number of rotatable bonds is 3. The molecule has 0 aliphatic carbocycles. The third-order valence-corrected chi connectivity index (χ3v) is 2.13. The van der Waals surface area contributed by atoms with Crippen LogP contribution in [0.25, 0.3) is 0 Å². The van der Waals surface area contributed by atoms with Gasteiger partial charge in [0.05, 0.1) is 12.2 Å². The van der Waals surface area contributed by atoms with E-state index in [1.807, 2.05) is 6.92 Å². The first kappa shape index (κ1) is 8.36. The van der Waals surface area contributed by atoms with E-state index in [1.165, 1.54) is 11.5 Å². The van der Waals surface area contributed by atoms with E-state index in [4.69, 9.17) is 0 Å². The summed E-state index contributed by atoms with van der Waals surface area (Å²) < 4.78 is 3.85. The molecule has 0 aromatic carbocycles. The van der Waals surface area contributed by atoms with Crippen molar-refractivity contribution < 1.29 is 4.79 Å². The summed E-state index contributed by atoms with van der Waals surface area (Å²) in [5.41, 5.74) is 0.692. The van der Waals surface area contributed by atoms with Gasteiger partial charge in [-0.05, 0) is 25.5 Å². The molecule has 0 aliphatic rings. The van der Waals surface area contributed by atoms with E-state index < -0.39 is 0 Å². The summed E-state index contributed by atoms with van der Waals surface area (Å²) in [6, 6.07) is -0.119. The van der Waals surface area contributed by atoms with Gasteiger partial charge in [-0.25, -0.2) is 4.37 Å². The number of nitrogens with zero attached hydrogens (tertiary/aromatic N) is 1. The van der Waals surface area contributed by atoms with Gasteiger partial charge in [0.25, 0.3) is 0 Å². The van der Waals surface area contributed by atoms with Gasteiger partial charge in [-0.1, -0.05) is 0 Å². The predicted octanol–water partition coefficient (Wildman–Crippen LogP) is 0.934. The highest BCUT2D eigenvalue weighted by atomic mass is 32.1. The minimum atomic E-state index is -0.119. The molecule has 4 heteroatoms. The van der Waals surface area contributed by atoms with Crippen molar-refractivity contribution in [3.63, 3.8) is 0 Å². The quantitative estimate of drug-likeness (QED) is 0.686. The van der Waals surface area contributed by atoms with Gasteiger partial charge in [-0.2, -0.15) is 0 Å². The molecule has 1 N–H and O–H groups in total. The lowest BCUT2D eigenvalue weighted by Crippen LogP contribution is -2.30. The first-order valence-electron chi connectivity index (χ1n) is 3.36. The molecule has 3 nitrogen and oxygen atoms in total. The molecule has 0 spiro atoms. The minimum absolute atomic E-state index is 0.0984. The largest absolute Gasteiger partial charge is 0.310 e. The summed E-state index contributed by atoms with van der Waals surface area (Å²) in [5.74, 6) is 0.0984.